The van der Waals surface area contributed by atoms with Crippen LogP contribution in [0.15, 0.2) is 37.1 Å². The summed E-state index contributed by atoms with van der Waals surface area (Å²) in [5, 5.41) is 16.7. The summed E-state index contributed by atoms with van der Waals surface area (Å²) in [6.45, 7) is 0.128. The van der Waals surface area contributed by atoms with Gasteiger partial charge in [0.2, 0.25) is 5.88 Å². The third-order valence-corrected chi connectivity index (χ3v) is 3.01. The van der Waals surface area contributed by atoms with Crippen LogP contribution in [-0.4, -0.2) is 40.7 Å². The Bertz CT molecular complexity index is 821. The van der Waals surface area contributed by atoms with Crippen LogP contribution in [0, 0.1) is 0 Å². The molecule has 0 aliphatic heterocycles. The zero-order valence-corrected chi connectivity index (χ0v) is 12.3. The molecular formula is C13H10ClN7O2. The molecule has 0 bridgehead atoms. The smallest absolute Gasteiger partial charge is 0.258 e. The Morgan fingerprint density at radius 2 is 2.13 bits per heavy atom. The molecular weight excluding hydrogens is 322 g/mol. The molecule has 0 aliphatic rings. The molecule has 3 rings (SSSR count). The Labute approximate surface area is 135 Å². The largest absolute Gasteiger partial charge is 0.493 e. The van der Waals surface area contributed by atoms with E-state index in [1.165, 1.54) is 23.3 Å². The molecule has 1 amide bonds. The predicted octanol–water partition coefficient (Wildman–Crippen LogP) is 0.741. The van der Waals surface area contributed by atoms with Gasteiger partial charge >= 0.3 is 0 Å². The van der Waals surface area contributed by atoms with Gasteiger partial charge in [-0.25, -0.2) is 14.6 Å². The summed E-state index contributed by atoms with van der Waals surface area (Å²) in [5.74, 6) is -0.816. The average molecular weight is 332 g/mol. The van der Waals surface area contributed by atoms with Gasteiger partial charge in [-0.05, 0) is 6.07 Å². The van der Waals surface area contributed by atoms with E-state index in [-0.39, 0.29) is 23.2 Å². The highest BCUT2D eigenvalue weighted by molar-refractivity contribution is 6.29. The molecule has 9 nitrogen and oxygen atoms in total. The second-order valence-corrected chi connectivity index (χ2v) is 4.76. The second kappa shape index (κ2) is 6.36. The quantitative estimate of drug-likeness (QED) is 0.723. The van der Waals surface area contributed by atoms with Crippen LogP contribution in [-0.2, 0) is 6.54 Å². The molecule has 3 heterocycles. The summed E-state index contributed by atoms with van der Waals surface area (Å²) in [6, 6.07) is 1.69. The second-order valence-electron chi connectivity index (χ2n) is 4.37. The van der Waals surface area contributed by atoms with Crippen LogP contribution in [0.25, 0.3) is 5.95 Å². The highest BCUT2D eigenvalue weighted by Gasteiger charge is 2.15. The fourth-order valence-electron chi connectivity index (χ4n) is 1.72. The van der Waals surface area contributed by atoms with E-state index >= 15 is 0 Å². The monoisotopic (exact) mass is 331 g/mol. The topological polar surface area (TPSA) is 119 Å². The summed E-state index contributed by atoms with van der Waals surface area (Å²) in [4.78, 5) is 27.7. The number of rotatable bonds is 4. The molecule has 0 aliphatic carbocycles. The van der Waals surface area contributed by atoms with Crippen molar-refractivity contribution in [3.8, 4) is 11.8 Å². The van der Waals surface area contributed by atoms with Gasteiger partial charge in [0, 0.05) is 18.6 Å². The first-order valence-electron chi connectivity index (χ1n) is 6.44. The number of aromatic hydroxyl groups is 1. The minimum Gasteiger partial charge on any atom is -0.493 e. The van der Waals surface area contributed by atoms with Gasteiger partial charge in [-0.3, -0.25) is 9.78 Å². The van der Waals surface area contributed by atoms with E-state index in [4.69, 9.17) is 11.6 Å². The fourth-order valence-corrected chi connectivity index (χ4v) is 1.82. The van der Waals surface area contributed by atoms with Crippen LogP contribution in [0.3, 0.4) is 0 Å². The van der Waals surface area contributed by atoms with Crippen LogP contribution >= 0.6 is 11.6 Å². The maximum absolute atomic E-state index is 12.1. The van der Waals surface area contributed by atoms with Crippen molar-refractivity contribution in [1.29, 1.82) is 0 Å². The van der Waals surface area contributed by atoms with Gasteiger partial charge in [-0.1, -0.05) is 11.6 Å². The van der Waals surface area contributed by atoms with Crippen LogP contribution in [0.4, 0.5) is 0 Å². The van der Waals surface area contributed by atoms with E-state index < -0.39 is 11.8 Å². The van der Waals surface area contributed by atoms with Crippen molar-refractivity contribution in [2.75, 3.05) is 0 Å². The predicted molar refractivity (Wildman–Crippen MR) is 79.0 cm³/mol. The molecule has 23 heavy (non-hydrogen) atoms. The first-order valence-corrected chi connectivity index (χ1v) is 6.82. The summed E-state index contributed by atoms with van der Waals surface area (Å²) >= 11 is 5.63. The van der Waals surface area contributed by atoms with E-state index in [2.05, 4.69) is 30.4 Å². The highest BCUT2D eigenvalue weighted by Crippen LogP contribution is 2.14. The zero-order chi connectivity index (χ0) is 16.2. The lowest BCUT2D eigenvalue weighted by molar-refractivity contribution is 0.0946. The lowest BCUT2D eigenvalue weighted by atomic mass is 10.3. The van der Waals surface area contributed by atoms with Crippen molar-refractivity contribution in [2.45, 2.75) is 6.54 Å². The SMILES string of the molecule is O=C(NCc1cnc(Cl)cn1)c1cnc(-n2cccn2)nc1O. The van der Waals surface area contributed by atoms with Gasteiger partial charge in [-0.2, -0.15) is 10.1 Å². The Morgan fingerprint density at radius 3 is 2.78 bits per heavy atom. The van der Waals surface area contributed by atoms with Gasteiger partial charge in [0.25, 0.3) is 11.9 Å². The first-order chi connectivity index (χ1) is 11.1. The Balaban J connectivity index is 1.71. The Kier molecular flexibility index (Phi) is 4.11. The van der Waals surface area contributed by atoms with E-state index in [0.29, 0.717) is 5.69 Å². The molecule has 0 fully saturated rings. The van der Waals surface area contributed by atoms with Crippen molar-refractivity contribution < 1.29 is 9.90 Å². The lowest BCUT2D eigenvalue weighted by Gasteiger charge is -2.07. The number of hydrogen-bond acceptors (Lipinski definition) is 7. The first kappa shape index (κ1) is 14.9. The molecule has 0 spiro atoms. The van der Waals surface area contributed by atoms with E-state index in [1.54, 1.807) is 18.5 Å². The number of nitrogens with one attached hydrogen (secondary N) is 1. The maximum Gasteiger partial charge on any atom is 0.258 e. The van der Waals surface area contributed by atoms with Crippen molar-refractivity contribution in [3.05, 3.63) is 53.5 Å². The number of hydrogen-bond donors (Lipinski definition) is 2. The van der Waals surface area contributed by atoms with Gasteiger partial charge in [0.05, 0.1) is 24.6 Å². The minimum atomic E-state index is -0.536. The summed E-state index contributed by atoms with van der Waals surface area (Å²) in [6.07, 6.45) is 7.21. The number of amides is 1. The van der Waals surface area contributed by atoms with Crippen molar-refractivity contribution in [1.82, 2.24) is 35.0 Å². The molecule has 0 radical (unpaired) electrons. The van der Waals surface area contributed by atoms with Crippen molar-refractivity contribution in [3.63, 3.8) is 0 Å². The third kappa shape index (κ3) is 3.40. The normalized spacial score (nSPS) is 10.5. The van der Waals surface area contributed by atoms with Crippen LogP contribution in [0.1, 0.15) is 16.1 Å². The van der Waals surface area contributed by atoms with Gasteiger partial charge < -0.3 is 10.4 Å². The number of halogens is 1. The molecule has 3 aromatic rings. The van der Waals surface area contributed by atoms with Crippen molar-refractivity contribution in [2.24, 2.45) is 0 Å². The van der Waals surface area contributed by atoms with Gasteiger partial charge in [0.1, 0.15) is 10.7 Å². The maximum atomic E-state index is 12.1. The van der Waals surface area contributed by atoms with E-state index in [0.717, 1.165) is 0 Å². The van der Waals surface area contributed by atoms with Crippen LogP contribution < -0.4 is 5.32 Å². The summed E-state index contributed by atoms with van der Waals surface area (Å²) in [7, 11) is 0. The third-order valence-electron chi connectivity index (χ3n) is 2.81. The summed E-state index contributed by atoms with van der Waals surface area (Å²) in [5.41, 5.74) is 0.471. The lowest BCUT2D eigenvalue weighted by Crippen LogP contribution is -2.24. The molecule has 2 N–H and O–H groups in total. The molecule has 0 aromatic carbocycles. The van der Waals surface area contributed by atoms with Gasteiger partial charge in [-0.15, -0.1) is 0 Å². The molecule has 0 saturated carbocycles. The Hall–Kier alpha value is -3.07. The average Bonchev–Trinajstić information content (AvgIpc) is 3.08. The van der Waals surface area contributed by atoms with E-state index in [9.17, 15) is 9.90 Å². The molecule has 116 valence electrons. The standard InChI is InChI=1S/C13H10ClN7O2/c14-10-7-15-8(4-16-10)5-17-11(22)9-6-18-13(20-12(9)23)21-3-1-2-19-21/h1-4,6-7H,5H2,(H,17,22)(H,18,20,23). The van der Waals surface area contributed by atoms with Gasteiger partial charge in [0.15, 0.2) is 0 Å². The van der Waals surface area contributed by atoms with Crippen LogP contribution in [0.2, 0.25) is 5.15 Å². The summed E-state index contributed by atoms with van der Waals surface area (Å²) < 4.78 is 1.37. The number of carbonyl (C=O) groups is 1. The molecule has 0 saturated heterocycles. The zero-order valence-electron chi connectivity index (χ0n) is 11.6. The van der Waals surface area contributed by atoms with E-state index in [1.807, 2.05) is 0 Å². The number of aromatic nitrogens is 6. The number of nitrogens with zero attached hydrogens (tertiary/aromatic N) is 6. The minimum absolute atomic E-state index is 0.0529. The molecule has 0 unspecified atom stereocenters. The number of carbonyl (C=O) groups excluding carboxylic acids is 1. The Morgan fingerprint density at radius 1 is 1.26 bits per heavy atom. The fraction of sp³-hybridized carbons (Fsp3) is 0.0769. The highest BCUT2D eigenvalue weighted by atomic mass is 35.5. The van der Waals surface area contributed by atoms with Crippen LogP contribution in [0.5, 0.6) is 5.88 Å². The molecule has 10 heteroatoms. The molecule has 3 aromatic heterocycles. The molecule has 0 atom stereocenters. The van der Waals surface area contributed by atoms with Crippen molar-refractivity contribution >= 4 is 17.5 Å².